The molecule has 3 aromatic rings. The lowest BCUT2D eigenvalue weighted by atomic mass is 10.2. The van der Waals surface area contributed by atoms with Crippen LogP contribution >= 0.6 is 0 Å². The predicted molar refractivity (Wildman–Crippen MR) is 109 cm³/mol. The monoisotopic (exact) mass is 430 g/mol. The van der Waals surface area contributed by atoms with Crippen LogP contribution < -0.4 is 10.6 Å². The molecule has 0 saturated heterocycles. The third-order valence-corrected chi connectivity index (χ3v) is 5.36. The van der Waals surface area contributed by atoms with Crippen LogP contribution in [0.25, 0.3) is 11.0 Å². The van der Waals surface area contributed by atoms with Crippen LogP contribution in [0.4, 0.5) is 18.9 Å². The lowest BCUT2D eigenvalue weighted by molar-refractivity contribution is -0.137. The summed E-state index contributed by atoms with van der Waals surface area (Å²) in [5.74, 6) is 0.300. The third-order valence-electron chi connectivity index (χ3n) is 5.36. The molecular formula is C22H21F3N4O2. The number of rotatable bonds is 6. The van der Waals surface area contributed by atoms with Crippen molar-refractivity contribution in [2.24, 2.45) is 5.92 Å². The molecule has 0 spiro atoms. The fourth-order valence-electron chi connectivity index (χ4n) is 3.58. The molecule has 1 aromatic heterocycles. The van der Waals surface area contributed by atoms with E-state index in [1.54, 1.807) is 0 Å². The first-order valence-electron chi connectivity index (χ1n) is 9.93. The average Bonchev–Trinajstić information content (AvgIpc) is 3.33. The van der Waals surface area contributed by atoms with E-state index in [1.165, 1.54) is 19.1 Å². The highest BCUT2D eigenvalue weighted by Gasteiger charge is 2.42. The van der Waals surface area contributed by atoms with Gasteiger partial charge in [0.15, 0.2) is 0 Å². The van der Waals surface area contributed by atoms with E-state index in [2.05, 4.69) is 20.6 Å². The molecular weight excluding hydrogens is 409 g/mol. The Morgan fingerprint density at radius 2 is 1.97 bits per heavy atom. The van der Waals surface area contributed by atoms with E-state index in [1.807, 2.05) is 24.3 Å². The molecule has 2 amide bonds. The van der Waals surface area contributed by atoms with Gasteiger partial charge in [-0.2, -0.15) is 13.2 Å². The number of alkyl halides is 3. The van der Waals surface area contributed by atoms with Gasteiger partial charge in [-0.1, -0.05) is 18.2 Å². The molecule has 1 fully saturated rings. The van der Waals surface area contributed by atoms with Gasteiger partial charge in [0.05, 0.1) is 16.6 Å². The number of aromatic amines is 1. The Morgan fingerprint density at radius 1 is 1.19 bits per heavy atom. The number of H-pyrrole nitrogens is 1. The fourth-order valence-corrected chi connectivity index (χ4v) is 3.58. The summed E-state index contributed by atoms with van der Waals surface area (Å²) in [6.07, 6.45) is -3.41. The second kappa shape index (κ2) is 8.05. The maximum Gasteiger partial charge on any atom is 0.416 e. The molecule has 3 atom stereocenters. The number of nitrogens with zero attached hydrogens (tertiary/aromatic N) is 1. The standard InChI is InChI=1S/C22H21F3N4O2/c1-12(21(31)27-15-6-4-5-14(11-15)22(23,24)25)26-19(30)10-13-9-16(13)20-28-17-7-2-3-8-18(17)29-20/h2-8,11-13,16H,9-10H2,1H3,(H,26,30)(H,27,31)(H,28,29)/t12?,13-,16+/m0/s1. The van der Waals surface area contributed by atoms with E-state index in [0.29, 0.717) is 0 Å². The normalized spacial score (nSPS) is 19.1. The zero-order valence-electron chi connectivity index (χ0n) is 16.7. The van der Waals surface area contributed by atoms with E-state index in [9.17, 15) is 22.8 Å². The van der Waals surface area contributed by atoms with Gasteiger partial charge in [0.25, 0.3) is 0 Å². The highest BCUT2D eigenvalue weighted by atomic mass is 19.4. The minimum absolute atomic E-state index is 0.0214. The molecule has 1 unspecified atom stereocenters. The molecule has 3 N–H and O–H groups in total. The van der Waals surface area contributed by atoms with Gasteiger partial charge in [-0.05, 0) is 49.6 Å². The largest absolute Gasteiger partial charge is 0.416 e. The summed E-state index contributed by atoms with van der Waals surface area (Å²) in [6.45, 7) is 1.49. The number of aromatic nitrogens is 2. The first-order valence-corrected chi connectivity index (χ1v) is 9.93. The lowest BCUT2D eigenvalue weighted by Crippen LogP contribution is -2.41. The van der Waals surface area contributed by atoms with Crippen LogP contribution in [0.2, 0.25) is 0 Å². The van der Waals surface area contributed by atoms with Gasteiger partial charge < -0.3 is 15.6 Å². The van der Waals surface area contributed by atoms with Crippen molar-refractivity contribution >= 4 is 28.5 Å². The van der Waals surface area contributed by atoms with E-state index >= 15 is 0 Å². The Hall–Kier alpha value is -3.36. The SMILES string of the molecule is CC(NC(=O)C[C@@H]1C[C@H]1c1nc2ccccc2[nH]1)C(=O)Nc1cccc(C(F)(F)F)c1. The molecule has 0 aliphatic heterocycles. The van der Waals surface area contributed by atoms with Crippen LogP contribution in [0.15, 0.2) is 48.5 Å². The van der Waals surface area contributed by atoms with Gasteiger partial charge in [-0.15, -0.1) is 0 Å². The summed E-state index contributed by atoms with van der Waals surface area (Å²) in [7, 11) is 0. The molecule has 1 aliphatic rings. The van der Waals surface area contributed by atoms with E-state index in [4.69, 9.17) is 0 Å². The number of hydrogen-bond acceptors (Lipinski definition) is 3. The molecule has 0 bridgehead atoms. The molecule has 31 heavy (non-hydrogen) atoms. The molecule has 2 aromatic carbocycles. The highest BCUT2D eigenvalue weighted by Crippen LogP contribution is 2.48. The summed E-state index contributed by atoms with van der Waals surface area (Å²) in [4.78, 5) is 32.4. The maximum atomic E-state index is 12.8. The number of carbonyl (C=O) groups excluding carboxylic acids is 2. The Morgan fingerprint density at radius 3 is 2.71 bits per heavy atom. The molecule has 6 nitrogen and oxygen atoms in total. The Balaban J connectivity index is 1.28. The number of para-hydroxylation sites is 2. The van der Waals surface area contributed by atoms with Crippen molar-refractivity contribution in [3.05, 3.63) is 59.9 Å². The number of fused-ring (bicyclic) bond motifs is 1. The third kappa shape index (κ3) is 4.87. The quantitative estimate of drug-likeness (QED) is 0.547. The number of halogens is 3. The van der Waals surface area contributed by atoms with Gasteiger partial charge in [0.1, 0.15) is 11.9 Å². The van der Waals surface area contributed by atoms with Crippen molar-refractivity contribution < 1.29 is 22.8 Å². The minimum atomic E-state index is -4.50. The van der Waals surface area contributed by atoms with Gasteiger partial charge in [-0.3, -0.25) is 9.59 Å². The van der Waals surface area contributed by atoms with Crippen molar-refractivity contribution in [3.8, 4) is 0 Å². The first-order chi connectivity index (χ1) is 14.7. The number of hydrogen-bond donors (Lipinski definition) is 3. The summed E-state index contributed by atoms with van der Waals surface area (Å²) < 4.78 is 38.4. The second-order valence-corrected chi connectivity index (χ2v) is 7.80. The molecule has 0 radical (unpaired) electrons. The van der Waals surface area contributed by atoms with Crippen LogP contribution in [-0.2, 0) is 15.8 Å². The Labute approximate surface area is 176 Å². The molecule has 9 heteroatoms. The number of benzene rings is 2. The Kier molecular flexibility index (Phi) is 5.43. The second-order valence-electron chi connectivity index (χ2n) is 7.80. The van der Waals surface area contributed by atoms with Crippen molar-refractivity contribution in [1.82, 2.24) is 15.3 Å². The zero-order valence-corrected chi connectivity index (χ0v) is 16.7. The van der Waals surface area contributed by atoms with Gasteiger partial charge in [0.2, 0.25) is 11.8 Å². The van der Waals surface area contributed by atoms with Crippen LogP contribution in [0.5, 0.6) is 0 Å². The van der Waals surface area contributed by atoms with E-state index in [0.717, 1.165) is 35.4 Å². The molecule has 4 rings (SSSR count). The van der Waals surface area contributed by atoms with Crippen molar-refractivity contribution in [2.45, 2.75) is 37.9 Å². The smallest absolute Gasteiger partial charge is 0.345 e. The predicted octanol–water partition coefficient (Wildman–Crippen LogP) is 4.22. The van der Waals surface area contributed by atoms with E-state index in [-0.39, 0.29) is 29.9 Å². The van der Waals surface area contributed by atoms with Gasteiger partial charge in [-0.25, -0.2) is 4.98 Å². The minimum Gasteiger partial charge on any atom is -0.345 e. The number of carbonyl (C=O) groups is 2. The van der Waals surface area contributed by atoms with Crippen LogP contribution in [0, 0.1) is 5.92 Å². The maximum absolute atomic E-state index is 12.8. The molecule has 162 valence electrons. The van der Waals surface area contributed by atoms with Crippen LogP contribution in [-0.4, -0.2) is 27.8 Å². The molecule has 1 saturated carbocycles. The zero-order chi connectivity index (χ0) is 22.2. The van der Waals surface area contributed by atoms with Crippen LogP contribution in [0.1, 0.15) is 37.1 Å². The summed E-state index contributed by atoms with van der Waals surface area (Å²) in [5, 5.41) is 5.02. The molecule has 1 aliphatic carbocycles. The summed E-state index contributed by atoms with van der Waals surface area (Å²) in [6, 6.07) is 11.2. The highest BCUT2D eigenvalue weighted by molar-refractivity contribution is 5.97. The molecule has 1 heterocycles. The van der Waals surface area contributed by atoms with Crippen molar-refractivity contribution in [1.29, 1.82) is 0 Å². The topological polar surface area (TPSA) is 86.9 Å². The number of nitrogens with one attached hydrogen (secondary N) is 3. The lowest BCUT2D eigenvalue weighted by Gasteiger charge is -2.15. The van der Waals surface area contributed by atoms with Gasteiger partial charge >= 0.3 is 6.18 Å². The summed E-state index contributed by atoms with van der Waals surface area (Å²) in [5.41, 5.74) is 1.00. The van der Waals surface area contributed by atoms with E-state index < -0.39 is 23.7 Å². The van der Waals surface area contributed by atoms with Crippen molar-refractivity contribution in [3.63, 3.8) is 0 Å². The fraction of sp³-hybridized carbons (Fsp3) is 0.318. The first kappa shape index (κ1) is 20.9. The van der Waals surface area contributed by atoms with Crippen molar-refractivity contribution in [2.75, 3.05) is 5.32 Å². The number of imidazole rings is 1. The average molecular weight is 430 g/mol. The number of amides is 2. The number of anilines is 1. The van der Waals surface area contributed by atoms with Crippen LogP contribution in [0.3, 0.4) is 0 Å². The van der Waals surface area contributed by atoms with Gasteiger partial charge in [0, 0.05) is 18.0 Å². The summed E-state index contributed by atoms with van der Waals surface area (Å²) >= 11 is 0. The Bertz CT molecular complexity index is 1090.